The van der Waals surface area contributed by atoms with Gasteiger partial charge in [0.1, 0.15) is 0 Å². The van der Waals surface area contributed by atoms with Crippen molar-refractivity contribution in [1.29, 1.82) is 0 Å². The molecule has 1 heterocycles. The van der Waals surface area contributed by atoms with Crippen LogP contribution in [0.3, 0.4) is 0 Å². The molecular weight excluding hydrogens is 232 g/mol. The van der Waals surface area contributed by atoms with Gasteiger partial charge in [-0.1, -0.05) is 34.8 Å². The fourth-order valence-electron chi connectivity index (χ4n) is 1.80. The van der Waals surface area contributed by atoms with Gasteiger partial charge in [-0.2, -0.15) is 0 Å². The maximum atomic E-state index is 5.60. The van der Waals surface area contributed by atoms with Gasteiger partial charge in [-0.25, -0.2) is 0 Å². The molecular formula is C12H16N4S. The first kappa shape index (κ1) is 12.2. The molecule has 0 saturated heterocycles. The molecule has 2 aromatic rings. The van der Waals surface area contributed by atoms with E-state index in [1.807, 2.05) is 13.0 Å². The third kappa shape index (κ3) is 3.09. The molecule has 0 radical (unpaired) electrons. The highest BCUT2D eigenvalue weighted by Crippen LogP contribution is 2.23. The van der Waals surface area contributed by atoms with Crippen LogP contribution in [-0.2, 0) is 6.42 Å². The number of rotatable bonds is 5. The van der Waals surface area contributed by atoms with Gasteiger partial charge in [0.2, 0.25) is 0 Å². The Morgan fingerprint density at radius 3 is 2.71 bits per heavy atom. The molecule has 2 rings (SSSR count). The number of hydrogen-bond acceptors (Lipinski definition) is 5. The molecule has 90 valence electrons. The second-order valence-corrected chi connectivity index (χ2v) is 4.75. The second-order valence-electron chi connectivity index (χ2n) is 3.97. The van der Waals surface area contributed by atoms with Crippen molar-refractivity contribution in [2.45, 2.75) is 25.8 Å². The molecule has 3 N–H and O–H groups in total. The number of aromatic nitrogens is 2. The molecule has 0 bridgehead atoms. The van der Waals surface area contributed by atoms with Gasteiger partial charge >= 0.3 is 0 Å². The minimum atomic E-state index is 0.134. The maximum Gasteiger partial charge on any atom is 0.0773 e. The van der Waals surface area contributed by atoms with Crippen LogP contribution < -0.4 is 11.3 Å². The minimum Gasteiger partial charge on any atom is -0.271 e. The number of nitrogens with two attached hydrogens (primary N) is 1. The third-order valence-corrected chi connectivity index (χ3v) is 3.71. The van der Waals surface area contributed by atoms with Gasteiger partial charge in [-0.3, -0.25) is 11.3 Å². The lowest BCUT2D eigenvalue weighted by molar-refractivity contribution is 0.521. The van der Waals surface area contributed by atoms with Gasteiger partial charge in [0.05, 0.1) is 16.6 Å². The normalized spacial score (nSPS) is 12.6. The summed E-state index contributed by atoms with van der Waals surface area (Å²) in [6.07, 6.45) is 1.94. The van der Waals surface area contributed by atoms with E-state index in [4.69, 9.17) is 5.84 Å². The molecule has 0 aliphatic heterocycles. The van der Waals surface area contributed by atoms with Gasteiger partial charge in [0.25, 0.3) is 0 Å². The number of hydrazine groups is 1. The summed E-state index contributed by atoms with van der Waals surface area (Å²) in [5.74, 6) is 5.60. The molecule has 0 fully saturated rings. The van der Waals surface area contributed by atoms with Crippen molar-refractivity contribution < 1.29 is 0 Å². The molecule has 5 heteroatoms. The van der Waals surface area contributed by atoms with Gasteiger partial charge in [0, 0.05) is 0 Å². The monoisotopic (exact) mass is 248 g/mol. The summed E-state index contributed by atoms with van der Waals surface area (Å²) in [5.41, 5.74) is 5.13. The summed E-state index contributed by atoms with van der Waals surface area (Å²) in [7, 11) is 0. The largest absolute Gasteiger partial charge is 0.271 e. The third-order valence-electron chi connectivity index (χ3n) is 2.77. The fraction of sp³-hybridized carbons (Fsp3) is 0.333. The SMILES string of the molecule is Cc1nnsc1C(CCc1ccccc1)NN. The van der Waals surface area contributed by atoms with E-state index in [2.05, 4.69) is 39.3 Å². The van der Waals surface area contributed by atoms with Crippen LogP contribution in [0, 0.1) is 6.92 Å². The Balaban J connectivity index is 2.00. The van der Waals surface area contributed by atoms with E-state index in [1.165, 1.54) is 17.1 Å². The first-order chi connectivity index (χ1) is 8.31. The molecule has 0 spiro atoms. The van der Waals surface area contributed by atoms with Crippen LogP contribution >= 0.6 is 11.5 Å². The summed E-state index contributed by atoms with van der Waals surface area (Å²) in [6.45, 7) is 1.96. The number of hydrogen-bond donors (Lipinski definition) is 2. The Hall–Kier alpha value is -1.30. The van der Waals surface area contributed by atoms with Gasteiger partial charge in [0.15, 0.2) is 0 Å². The molecule has 4 nitrogen and oxygen atoms in total. The Bertz CT molecular complexity index is 455. The van der Waals surface area contributed by atoms with Crippen LogP contribution in [-0.4, -0.2) is 9.59 Å². The molecule has 0 amide bonds. The van der Waals surface area contributed by atoms with Crippen LogP contribution in [0.1, 0.15) is 28.6 Å². The molecule has 0 aliphatic rings. The van der Waals surface area contributed by atoms with Gasteiger partial charge < -0.3 is 0 Å². The van der Waals surface area contributed by atoms with E-state index >= 15 is 0 Å². The van der Waals surface area contributed by atoms with E-state index in [0.717, 1.165) is 23.4 Å². The standard InChI is InChI=1S/C12H16N4S/c1-9-12(17-16-15-9)11(14-13)8-7-10-5-3-2-4-6-10/h2-6,11,14H,7-8,13H2,1H3. The molecule has 1 atom stereocenters. The molecule has 1 unspecified atom stereocenters. The van der Waals surface area contributed by atoms with Crippen LogP contribution in [0.25, 0.3) is 0 Å². The highest BCUT2D eigenvalue weighted by molar-refractivity contribution is 7.05. The van der Waals surface area contributed by atoms with E-state index in [0.29, 0.717) is 0 Å². The van der Waals surface area contributed by atoms with Crippen molar-refractivity contribution in [3.05, 3.63) is 46.5 Å². The van der Waals surface area contributed by atoms with Crippen molar-refractivity contribution in [3.63, 3.8) is 0 Å². The van der Waals surface area contributed by atoms with Crippen LogP contribution in [0.2, 0.25) is 0 Å². The van der Waals surface area contributed by atoms with E-state index in [-0.39, 0.29) is 6.04 Å². The summed E-state index contributed by atoms with van der Waals surface area (Å²) >= 11 is 1.41. The van der Waals surface area contributed by atoms with Crippen molar-refractivity contribution >= 4 is 11.5 Å². The zero-order valence-corrected chi connectivity index (χ0v) is 10.6. The van der Waals surface area contributed by atoms with Crippen LogP contribution in [0.5, 0.6) is 0 Å². The predicted octanol–water partition coefficient (Wildman–Crippen LogP) is 1.98. The predicted molar refractivity (Wildman–Crippen MR) is 69.5 cm³/mol. The van der Waals surface area contributed by atoms with E-state index in [1.54, 1.807) is 0 Å². The summed E-state index contributed by atoms with van der Waals surface area (Å²) in [5, 5.41) is 4.01. The Labute approximate surface area is 105 Å². The number of benzene rings is 1. The van der Waals surface area contributed by atoms with E-state index in [9.17, 15) is 0 Å². The van der Waals surface area contributed by atoms with Crippen molar-refractivity contribution in [2.24, 2.45) is 5.84 Å². The highest BCUT2D eigenvalue weighted by atomic mass is 32.1. The van der Waals surface area contributed by atoms with Crippen LogP contribution in [0.4, 0.5) is 0 Å². The topological polar surface area (TPSA) is 63.8 Å². The van der Waals surface area contributed by atoms with Crippen molar-refractivity contribution in [3.8, 4) is 0 Å². The number of nitrogens with zero attached hydrogens (tertiary/aromatic N) is 2. The summed E-state index contributed by atoms with van der Waals surface area (Å²) in [4.78, 5) is 1.13. The Morgan fingerprint density at radius 2 is 2.12 bits per heavy atom. The number of nitrogens with one attached hydrogen (secondary N) is 1. The fourth-order valence-corrected chi connectivity index (χ4v) is 2.54. The first-order valence-electron chi connectivity index (χ1n) is 5.60. The molecule has 1 aromatic heterocycles. The minimum absolute atomic E-state index is 0.134. The summed E-state index contributed by atoms with van der Waals surface area (Å²) < 4.78 is 3.94. The van der Waals surface area contributed by atoms with Gasteiger partial charge in [-0.05, 0) is 36.9 Å². The average molecular weight is 248 g/mol. The zero-order chi connectivity index (χ0) is 12.1. The first-order valence-corrected chi connectivity index (χ1v) is 6.37. The van der Waals surface area contributed by atoms with Crippen LogP contribution in [0.15, 0.2) is 30.3 Å². The van der Waals surface area contributed by atoms with E-state index < -0.39 is 0 Å². The number of aryl methyl sites for hydroxylation is 2. The lowest BCUT2D eigenvalue weighted by atomic mass is 10.0. The molecule has 17 heavy (non-hydrogen) atoms. The lowest BCUT2D eigenvalue weighted by Gasteiger charge is -2.13. The summed E-state index contributed by atoms with van der Waals surface area (Å²) in [6, 6.07) is 10.5. The van der Waals surface area contributed by atoms with Crippen molar-refractivity contribution in [2.75, 3.05) is 0 Å². The average Bonchev–Trinajstić information content (AvgIpc) is 2.78. The Kier molecular flexibility index (Phi) is 4.19. The van der Waals surface area contributed by atoms with Gasteiger partial charge in [-0.15, -0.1) is 5.10 Å². The van der Waals surface area contributed by atoms with Crippen molar-refractivity contribution in [1.82, 2.24) is 15.0 Å². The molecule has 1 aromatic carbocycles. The smallest absolute Gasteiger partial charge is 0.0773 e. The molecule has 0 saturated carbocycles. The quantitative estimate of drug-likeness (QED) is 0.627. The Morgan fingerprint density at radius 1 is 1.35 bits per heavy atom. The maximum absolute atomic E-state index is 5.60. The second kappa shape index (κ2) is 5.86. The lowest BCUT2D eigenvalue weighted by Crippen LogP contribution is -2.28. The zero-order valence-electron chi connectivity index (χ0n) is 9.76. The molecule has 0 aliphatic carbocycles. The highest BCUT2D eigenvalue weighted by Gasteiger charge is 2.15.